The minimum Gasteiger partial charge on any atom is -0.462 e. The van der Waals surface area contributed by atoms with E-state index in [1.54, 1.807) is 0 Å². The lowest BCUT2D eigenvalue weighted by Gasteiger charge is -2.18. The first kappa shape index (κ1) is 66.6. The fourth-order valence-electron chi connectivity index (χ4n) is 9.00. The Balaban J connectivity index is 4.07. The molecule has 0 aliphatic carbocycles. The van der Waals surface area contributed by atoms with Gasteiger partial charge in [0.05, 0.1) is 0 Å². The van der Waals surface area contributed by atoms with E-state index in [4.69, 9.17) is 14.2 Å². The molecule has 0 N–H and O–H groups in total. The van der Waals surface area contributed by atoms with Crippen LogP contribution in [0, 0.1) is 0 Å². The average molecular weight is 970 g/mol. The van der Waals surface area contributed by atoms with Crippen LogP contribution in [0.2, 0.25) is 0 Å². The monoisotopic (exact) mass is 969 g/mol. The van der Waals surface area contributed by atoms with Crippen molar-refractivity contribution in [2.45, 2.75) is 335 Å². The van der Waals surface area contributed by atoms with Gasteiger partial charge in [0.2, 0.25) is 0 Å². The van der Waals surface area contributed by atoms with Gasteiger partial charge in [-0.25, -0.2) is 0 Å². The van der Waals surface area contributed by atoms with Crippen LogP contribution in [0.3, 0.4) is 0 Å². The second-order valence-corrected chi connectivity index (χ2v) is 20.6. The number of hydrogen-bond acceptors (Lipinski definition) is 6. The summed E-state index contributed by atoms with van der Waals surface area (Å²) in [4.78, 5) is 38.0. The molecule has 0 aliphatic rings. The van der Waals surface area contributed by atoms with Gasteiger partial charge >= 0.3 is 17.9 Å². The Labute approximate surface area is 429 Å². The molecular weight excluding hydrogens is 853 g/mol. The summed E-state index contributed by atoms with van der Waals surface area (Å²) in [6.07, 6.45) is 70.2. The molecular formula is C63H116O6. The Kier molecular flexibility index (Phi) is 56.2. The highest BCUT2D eigenvalue weighted by Gasteiger charge is 2.19. The van der Waals surface area contributed by atoms with Gasteiger partial charge in [-0.05, 0) is 77.0 Å². The summed E-state index contributed by atoms with van der Waals surface area (Å²) in [5, 5.41) is 0. The van der Waals surface area contributed by atoms with Crippen molar-refractivity contribution < 1.29 is 28.6 Å². The quantitative estimate of drug-likeness (QED) is 0.0261. The molecule has 0 saturated carbocycles. The number of hydrogen-bond donors (Lipinski definition) is 0. The van der Waals surface area contributed by atoms with Crippen LogP contribution in [0.4, 0.5) is 0 Å². The van der Waals surface area contributed by atoms with E-state index in [2.05, 4.69) is 57.2 Å². The fourth-order valence-corrected chi connectivity index (χ4v) is 9.00. The predicted octanol–water partition coefficient (Wildman–Crippen LogP) is 20.4. The summed E-state index contributed by atoms with van der Waals surface area (Å²) in [5.74, 6) is -0.865. The lowest BCUT2D eigenvalue weighted by Crippen LogP contribution is -2.30. The maximum Gasteiger partial charge on any atom is 0.306 e. The summed E-state index contributed by atoms with van der Waals surface area (Å²) in [5.41, 5.74) is 0. The molecule has 6 heteroatoms. The molecule has 0 aromatic carbocycles. The molecule has 0 spiro atoms. The topological polar surface area (TPSA) is 78.9 Å². The van der Waals surface area contributed by atoms with Gasteiger partial charge in [0.25, 0.3) is 0 Å². The first-order valence-corrected chi connectivity index (χ1v) is 30.5. The predicted molar refractivity (Wildman–Crippen MR) is 298 cm³/mol. The van der Waals surface area contributed by atoms with Gasteiger partial charge in [-0.15, -0.1) is 0 Å². The molecule has 1 unspecified atom stereocenters. The van der Waals surface area contributed by atoms with Crippen LogP contribution in [0.25, 0.3) is 0 Å². The van der Waals surface area contributed by atoms with Gasteiger partial charge in [-0.2, -0.15) is 0 Å². The SMILES string of the molecule is CCCCC/C=C\CCCCCCCC(=O)OC(COC(=O)CCCCCCCCCCCC)COC(=O)CCCCCCCCCCCCCCCCCCC/C=C\C/C=C\CCCCCCC. The Hall–Kier alpha value is -2.37. The largest absolute Gasteiger partial charge is 0.462 e. The third kappa shape index (κ3) is 56.4. The maximum atomic E-state index is 12.8. The van der Waals surface area contributed by atoms with Crippen molar-refractivity contribution in [2.75, 3.05) is 13.2 Å². The van der Waals surface area contributed by atoms with Gasteiger partial charge in [0.15, 0.2) is 6.10 Å². The van der Waals surface area contributed by atoms with Crippen LogP contribution >= 0.6 is 0 Å². The molecule has 0 heterocycles. The van der Waals surface area contributed by atoms with E-state index >= 15 is 0 Å². The minimum atomic E-state index is -0.771. The van der Waals surface area contributed by atoms with Crippen molar-refractivity contribution >= 4 is 17.9 Å². The number of allylic oxidation sites excluding steroid dienone is 6. The lowest BCUT2D eigenvalue weighted by molar-refractivity contribution is -0.167. The highest BCUT2D eigenvalue weighted by molar-refractivity contribution is 5.71. The van der Waals surface area contributed by atoms with Crippen LogP contribution in [-0.4, -0.2) is 37.2 Å². The molecule has 0 fully saturated rings. The Morgan fingerprint density at radius 2 is 0.522 bits per heavy atom. The Morgan fingerprint density at radius 1 is 0.290 bits per heavy atom. The minimum absolute atomic E-state index is 0.0710. The fraction of sp³-hybridized carbons (Fsp3) is 0.857. The molecule has 0 radical (unpaired) electrons. The molecule has 0 amide bonds. The number of carbonyl (C=O) groups is 3. The highest BCUT2D eigenvalue weighted by atomic mass is 16.6. The normalized spacial score (nSPS) is 12.2. The zero-order chi connectivity index (χ0) is 50.0. The summed E-state index contributed by atoms with van der Waals surface area (Å²) in [6, 6.07) is 0. The molecule has 404 valence electrons. The van der Waals surface area contributed by atoms with Crippen LogP contribution in [0.5, 0.6) is 0 Å². The van der Waals surface area contributed by atoms with Crippen molar-refractivity contribution in [1.82, 2.24) is 0 Å². The molecule has 0 bridgehead atoms. The molecule has 0 rings (SSSR count). The summed E-state index contributed by atoms with van der Waals surface area (Å²) in [7, 11) is 0. The van der Waals surface area contributed by atoms with Gasteiger partial charge < -0.3 is 14.2 Å². The van der Waals surface area contributed by atoms with Gasteiger partial charge in [-0.1, -0.05) is 269 Å². The Morgan fingerprint density at radius 3 is 0.841 bits per heavy atom. The number of carbonyl (C=O) groups excluding carboxylic acids is 3. The van der Waals surface area contributed by atoms with Crippen molar-refractivity contribution in [3.8, 4) is 0 Å². The van der Waals surface area contributed by atoms with Crippen molar-refractivity contribution in [1.29, 1.82) is 0 Å². The molecule has 1 atom stereocenters. The molecule has 69 heavy (non-hydrogen) atoms. The lowest BCUT2D eigenvalue weighted by atomic mass is 10.0. The number of esters is 3. The summed E-state index contributed by atoms with van der Waals surface area (Å²) >= 11 is 0. The Bertz CT molecular complexity index is 1160. The van der Waals surface area contributed by atoms with Gasteiger partial charge in [-0.3, -0.25) is 14.4 Å². The van der Waals surface area contributed by atoms with Crippen molar-refractivity contribution in [3.63, 3.8) is 0 Å². The van der Waals surface area contributed by atoms with E-state index in [9.17, 15) is 14.4 Å². The highest BCUT2D eigenvalue weighted by Crippen LogP contribution is 2.17. The van der Waals surface area contributed by atoms with Gasteiger partial charge in [0, 0.05) is 19.3 Å². The van der Waals surface area contributed by atoms with E-state index in [0.29, 0.717) is 19.3 Å². The van der Waals surface area contributed by atoms with Crippen LogP contribution in [0.15, 0.2) is 36.5 Å². The molecule has 0 aromatic heterocycles. The standard InChI is InChI=1S/C63H116O6/c1-4-7-10-13-16-19-22-24-25-26-27-28-29-30-31-32-33-34-35-36-37-38-39-40-42-44-47-50-53-56-62(65)68-59-60(58-67-61(64)55-52-49-46-43-21-18-15-12-9-6-3)69-63(66)57-54-51-48-45-41-23-20-17-14-11-8-5-2/h17,20,22,24,26-27,60H,4-16,18-19,21,23,25,28-59H2,1-3H3/b20-17-,24-22-,27-26-. The van der Waals surface area contributed by atoms with Crippen molar-refractivity contribution in [2.24, 2.45) is 0 Å². The molecule has 0 aromatic rings. The second kappa shape index (κ2) is 58.2. The van der Waals surface area contributed by atoms with Gasteiger partial charge in [0.1, 0.15) is 13.2 Å². The zero-order valence-corrected chi connectivity index (χ0v) is 46.3. The first-order chi connectivity index (χ1) is 34.0. The van der Waals surface area contributed by atoms with Crippen LogP contribution in [0.1, 0.15) is 329 Å². The van der Waals surface area contributed by atoms with E-state index in [1.165, 1.54) is 218 Å². The summed E-state index contributed by atoms with van der Waals surface area (Å²) < 4.78 is 16.8. The third-order valence-electron chi connectivity index (χ3n) is 13.6. The van der Waals surface area contributed by atoms with Crippen molar-refractivity contribution in [3.05, 3.63) is 36.5 Å². The first-order valence-electron chi connectivity index (χ1n) is 30.5. The maximum absolute atomic E-state index is 12.8. The average Bonchev–Trinajstić information content (AvgIpc) is 3.35. The number of ether oxygens (including phenoxy) is 3. The molecule has 6 nitrogen and oxygen atoms in total. The third-order valence-corrected chi connectivity index (χ3v) is 13.6. The second-order valence-electron chi connectivity index (χ2n) is 20.6. The molecule has 0 saturated heterocycles. The smallest absolute Gasteiger partial charge is 0.306 e. The number of rotatable bonds is 56. The van der Waals surface area contributed by atoms with Crippen LogP contribution in [-0.2, 0) is 28.6 Å². The molecule has 0 aliphatic heterocycles. The van der Waals surface area contributed by atoms with Crippen LogP contribution < -0.4 is 0 Å². The van der Waals surface area contributed by atoms with E-state index in [-0.39, 0.29) is 31.1 Å². The van der Waals surface area contributed by atoms with E-state index in [0.717, 1.165) is 70.6 Å². The van der Waals surface area contributed by atoms with E-state index < -0.39 is 6.10 Å². The number of unbranched alkanes of at least 4 members (excludes halogenated alkanes) is 39. The van der Waals surface area contributed by atoms with E-state index in [1.807, 2.05) is 0 Å². The summed E-state index contributed by atoms with van der Waals surface area (Å²) in [6.45, 7) is 6.62. The zero-order valence-electron chi connectivity index (χ0n) is 46.3.